The molecule has 3 N–H and O–H groups in total. The number of hydrogen-bond acceptors (Lipinski definition) is 8. The Morgan fingerprint density at radius 2 is 2.03 bits per heavy atom. The lowest BCUT2D eigenvalue weighted by Gasteiger charge is -2.05. The van der Waals surface area contributed by atoms with Gasteiger partial charge in [0.05, 0.1) is 18.7 Å². The molecule has 0 aliphatic carbocycles. The summed E-state index contributed by atoms with van der Waals surface area (Å²) in [6.07, 6.45) is 2.76. The lowest BCUT2D eigenvalue weighted by Crippen LogP contribution is -2.23. The summed E-state index contributed by atoms with van der Waals surface area (Å²) in [7, 11) is 1.43. The molecule has 10 nitrogen and oxygen atoms in total. The summed E-state index contributed by atoms with van der Waals surface area (Å²) in [5.41, 5.74) is 3.10. The van der Waals surface area contributed by atoms with E-state index in [1.54, 1.807) is 12.1 Å². The van der Waals surface area contributed by atoms with E-state index < -0.39 is 11.5 Å². The van der Waals surface area contributed by atoms with Crippen LogP contribution in [-0.2, 0) is 0 Å². The van der Waals surface area contributed by atoms with Gasteiger partial charge in [-0.15, -0.1) is 0 Å². The molecule has 0 bridgehead atoms. The summed E-state index contributed by atoms with van der Waals surface area (Å²) in [6, 6.07) is 13.8. The summed E-state index contributed by atoms with van der Waals surface area (Å²) in [4.78, 5) is 33.3. The highest BCUT2D eigenvalue weighted by Gasteiger charge is 2.16. The predicted molar refractivity (Wildman–Crippen MR) is 113 cm³/mol. The molecule has 0 fully saturated rings. The van der Waals surface area contributed by atoms with Crippen LogP contribution in [-0.4, -0.2) is 44.5 Å². The van der Waals surface area contributed by atoms with Crippen LogP contribution in [0.15, 0.2) is 64.6 Å². The number of hydrogen-bond donors (Lipinski definition) is 3. The molecule has 0 atom stereocenters. The van der Waals surface area contributed by atoms with Gasteiger partial charge in [-0.05, 0) is 23.8 Å². The van der Waals surface area contributed by atoms with Crippen LogP contribution in [0.3, 0.4) is 0 Å². The van der Waals surface area contributed by atoms with E-state index in [2.05, 4.69) is 30.7 Å². The standard InChI is InChI=1S/C21H16N6O4/c1-31-16-9-12(7-8-15(16)28)10-23-26-21(30)18-14-11-22-19(13-5-3-2-4-6-13)24-17(14)20(29)27-25-18/h2-11,28H,1H3,(H,26,30)(H,27,29)/b23-10+. The van der Waals surface area contributed by atoms with Crippen LogP contribution < -0.4 is 15.7 Å². The Bertz CT molecular complexity index is 1350. The second kappa shape index (κ2) is 8.41. The number of hydrazone groups is 1. The minimum Gasteiger partial charge on any atom is -0.504 e. The quantitative estimate of drug-likeness (QED) is 0.333. The Kier molecular flexibility index (Phi) is 5.35. The van der Waals surface area contributed by atoms with Crippen LogP contribution in [0.2, 0.25) is 0 Å². The number of aromatic amines is 1. The van der Waals surface area contributed by atoms with Crippen LogP contribution in [0.25, 0.3) is 22.3 Å². The molecule has 0 aliphatic rings. The number of nitrogens with zero attached hydrogens (tertiary/aromatic N) is 4. The van der Waals surface area contributed by atoms with Crippen molar-refractivity contribution in [2.75, 3.05) is 7.11 Å². The van der Waals surface area contributed by atoms with Gasteiger partial charge in [-0.25, -0.2) is 20.5 Å². The molecular formula is C21H16N6O4. The van der Waals surface area contributed by atoms with Gasteiger partial charge in [-0.1, -0.05) is 30.3 Å². The minimum atomic E-state index is -0.653. The minimum absolute atomic E-state index is 0.0116. The third kappa shape index (κ3) is 4.08. The normalized spacial score (nSPS) is 11.0. The zero-order chi connectivity index (χ0) is 21.8. The van der Waals surface area contributed by atoms with Crippen molar-refractivity contribution in [1.82, 2.24) is 25.6 Å². The molecule has 0 spiro atoms. The maximum Gasteiger partial charge on any atom is 0.292 e. The van der Waals surface area contributed by atoms with E-state index in [4.69, 9.17) is 4.74 Å². The number of aromatic nitrogens is 4. The number of methoxy groups -OCH3 is 1. The van der Waals surface area contributed by atoms with Gasteiger partial charge in [0.25, 0.3) is 11.5 Å². The lowest BCUT2D eigenvalue weighted by atomic mass is 10.2. The molecule has 10 heteroatoms. The number of fused-ring (bicyclic) bond motifs is 1. The summed E-state index contributed by atoms with van der Waals surface area (Å²) in [5.74, 6) is -0.0350. The fraction of sp³-hybridized carbons (Fsp3) is 0.0476. The number of phenols is 1. The van der Waals surface area contributed by atoms with Crippen molar-refractivity contribution in [3.63, 3.8) is 0 Å². The van der Waals surface area contributed by atoms with Gasteiger partial charge >= 0.3 is 0 Å². The molecule has 0 saturated carbocycles. The lowest BCUT2D eigenvalue weighted by molar-refractivity contribution is 0.0951. The number of benzene rings is 2. The third-order valence-corrected chi connectivity index (χ3v) is 4.36. The van der Waals surface area contributed by atoms with Gasteiger partial charge in [0.1, 0.15) is 5.52 Å². The summed E-state index contributed by atoms with van der Waals surface area (Å²) in [5, 5.41) is 19.8. The Hall–Kier alpha value is -4.60. The Labute approximate surface area is 175 Å². The predicted octanol–water partition coefficient (Wildman–Crippen LogP) is 1.86. The summed E-state index contributed by atoms with van der Waals surface area (Å²) < 4.78 is 5.03. The van der Waals surface area contributed by atoms with E-state index in [0.29, 0.717) is 11.4 Å². The molecule has 2 heterocycles. The highest BCUT2D eigenvalue weighted by molar-refractivity contribution is 6.04. The van der Waals surface area contributed by atoms with Crippen molar-refractivity contribution >= 4 is 23.0 Å². The number of rotatable bonds is 5. The molecule has 154 valence electrons. The van der Waals surface area contributed by atoms with Gasteiger partial charge in [-0.2, -0.15) is 10.2 Å². The first kappa shape index (κ1) is 19.7. The van der Waals surface area contributed by atoms with Crippen molar-refractivity contribution in [3.05, 3.63) is 76.3 Å². The van der Waals surface area contributed by atoms with Gasteiger partial charge in [0, 0.05) is 11.8 Å². The fourth-order valence-corrected chi connectivity index (χ4v) is 2.84. The summed E-state index contributed by atoms with van der Waals surface area (Å²) >= 11 is 0. The number of nitrogens with one attached hydrogen (secondary N) is 2. The maximum atomic E-state index is 12.6. The first-order chi connectivity index (χ1) is 15.1. The largest absolute Gasteiger partial charge is 0.504 e. The molecule has 1 amide bonds. The van der Waals surface area contributed by atoms with E-state index in [0.717, 1.165) is 5.56 Å². The maximum absolute atomic E-state index is 12.6. The molecular weight excluding hydrogens is 400 g/mol. The van der Waals surface area contributed by atoms with Crippen LogP contribution in [0.5, 0.6) is 11.5 Å². The number of amides is 1. The number of aromatic hydroxyl groups is 1. The van der Waals surface area contributed by atoms with Crippen LogP contribution in [0.1, 0.15) is 16.1 Å². The van der Waals surface area contributed by atoms with E-state index in [-0.39, 0.29) is 28.1 Å². The highest BCUT2D eigenvalue weighted by Crippen LogP contribution is 2.25. The van der Waals surface area contributed by atoms with Gasteiger partial charge in [0.2, 0.25) is 0 Å². The van der Waals surface area contributed by atoms with Crippen molar-refractivity contribution < 1.29 is 14.6 Å². The smallest absolute Gasteiger partial charge is 0.292 e. The van der Waals surface area contributed by atoms with E-state index in [9.17, 15) is 14.7 Å². The third-order valence-electron chi connectivity index (χ3n) is 4.36. The second-order valence-corrected chi connectivity index (χ2v) is 6.35. The monoisotopic (exact) mass is 416 g/mol. The number of carbonyl (C=O) groups excluding carboxylic acids is 1. The number of carbonyl (C=O) groups is 1. The molecule has 2 aromatic heterocycles. The van der Waals surface area contributed by atoms with Gasteiger partial charge in [0.15, 0.2) is 23.0 Å². The molecule has 0 unspecified atom stereocenters. The van der Waals surface area contributed by atoms with E-state index >= 15 is 0 Å². The van der Waals surface area contributed by atoms with Gasteiger partial charge in [-0.3, -0.25) is 9.59 Å². The van der Waals surface area contributed by atoms with Crippen LogP contribution in [0.4, 0.5) is 0 Å². The van der Waals surface area contributed by atoms with E-state index in [1.807, 2.05) is 30.3 Å². The van der Waals surface area contributed by atoms with Crippen molar-refractivity contribution in [1.29, 1.82) is 0 Å². The Balaban J connectivity index is 1.61. The first-order valence-electron chi connectivity index (χ1n) is 9.08. The number of ether oxygens (including phenoxy) is 1. The van der Waals surface area contributed by atoms with E-state index in [1.165, 1.54) is 25.6 Å². The zero-order valence-corrected chi connectivity index (χ0v) is 16.2. The first-order valence-corrected chi connectivity index (χ1v) is 9.08. The highest BCUT2D eigenvalue weighted by atomic mass is 16.5. The molecule has 0 aliphatic heterocycles. The second-order valence-electron chi connectivity index (χ2n) is 6.35. The molecule has 4 aromatic rings. The molecule has 4 rings (SSSR count). The molecule has 2 aromatic carbocycles. The van der Waals surface area contributed by atoms with Crippen LogP contribution in [0, 0.1) is 0 Å². The average Bonchev–Trinajstić information content (AvgIpc) is 2.80. The van der Waals surface area contributed by atoms with Crippen LogP contribution >= 0.6 is 0 Å². The number of phenolic OH excluding ortho intramolecular Hbond substituents is 1. The number of H-pyrrole nitrogens is 1. The summed E-state index contributed by atoms with van der Waals surface area (Å²) in [6.45, 7) is 0. The van der Waals surface area contributed by atoms with Crippen molar-refractivity contribution in [3.8, 4) is 22.9 Å². The average molecular weight is 416 g/mol. The molecule has 0 radical (unpaired) electrons. The zero-order valence-electron chi connectivity index (χ0n) is 16.2. The van der Waals surface area contributed by atoms with Crippen molar-refractivity contribution in [2.24, 2.45) is 5.10 Å². The molecule has 0 saturated heterocycles. The SMILES string of the molecule is COc1cc(/C=N/NC(=O)c2n[nH]c(=O)c3nc(-c4ccccc4)ncc23)ccc1O. The molecule has 31 heavy (non-hydrogen) atoms. The Morgan fingerprint density at radius 3 is 2.81 bits per heavy atom. The van der Waals surface area contributed by atoms with Gasteiger partial charge < -0.3 is 9.84 Å². The van der Waals surface area contributed by atoms with Crippen molar-refractivity contribution in [2.45, 2.75) is 0 Å². The topological polar surface area (TPSA) is 142 Å². The fourth-order valence-electron chi connectivity index (χ4n) is 2.84. The Morgan fingerprint density at radius 1 is 1.23 bits per heavy atom.